The van der Waals surface area contributed by atoms with Crippen LogP contribution in [-0.4, -0.2) is 87.1 Å². The van der Waals surface area contributed by atoms with E-state index in [0.29, 0.717) is 74.5 Å². The molecule has 0 saturated heterocycles. The number of Topliss-reactive ketones (excluding diaryl/α,β-unsaturated/α-hetero) is 2. The summed E-state index contributed by atoms with van der Waals surface area (Å²) in [6.07, 6.45) is 16.6. The molecule has 12 atom stereocenters. The first-order valence-electron chi connectivity index (χ1n) is 31.9. The number of β-amino-alcohol motifs (C(OH)–C–C–N with tert-alkyl or cyclic N) is 1. The van der Waals surface area contributed by atoms with Gasteiger partial charge in [0.2, 0.25) is 0 Å². The second-order valence-corrected chi connectivity index (χ2v) is 26.3. The van der Waals surface area contributed by atoms with Crippen LogP contribution in [0.25, 0.3) is 10.8 Å². The number of aromatic amines is 1. The molecule has 2 aliphatic heterocycles. The standard InChI is InChI=1S/C72H90N4O8/c1-5-12-57-52-32-46(31-49-20-23-59(58-16-8-7-15-56(58)48-14-11-13-43(2)29-48)60-39-64(79)65(84-4)36-50(60)21-24-63(78)70(82)69(81)61(49)35-52)30-45-25-28-74-67(33-45)76-54-22-19-47-17-18-51(68(80)62(47)38-54)34-55(77)42-73-40-44(3)53-37-66(75-41-53)72(71(57)83)26-9-6-10-27-72/h7-8,15-19,22,25,33,36-39,41,43-44,46,48-49,52,55,57,59,61,70-71,73-77,79-80,82-83H,5-6,9-14,21,24,26-32,34-35,40,42H2,1-4H3/t43-,44+,46+,48-,49-,52-,55-,57-,59+,61-,70-,71+/m0/s1. The molecule has 4 aliphatic carbocycles. The number of ketones is 2. The summed E-state index contributed by atoms with van der Waals surface area (Å²) in [7, 11) is 1.51. The van der Waals surface area contributed by atoms with Crippen LogP contribution in [0, 0.1) is 47.3 Å². The van der Waals surface area contributed by atoms with Crippen LogP contribution < -0.4 is 20.7 Å². The van der Waals surface area contributed by atoms with Crippen molar-refractivity contribution < 1.29 is 39.9 Å². The van der Waals surface area contributed by atoms with Gasteiger partial charge in [0.05, 0.1) is 25.2 Å². The largest absolute Gasteiger partial charge is 0.507 e. The Kier molecular flexibility index (Phi) is 18.4. The molecule has 11 rings (SSSR count). The number of aliphatic hydroxyl groups excluding tert-OH is 3. The first kappa shape index (κ1) is 59.4. The molecule has 446 valence electrons. The van der Waals surface area contributed by atoms with Crippen LogP contribution in [0.3, 0.4) is 0 Å². The van der Waals surface area contributed by atoms with Gasteiger partial charge in [0, 0.05) is 72.7 Å². The van der Waals surface area contributed by atoms with Crippen molar-refractivity contribution in [2.45, 2.75) is 178 Å². The minimum absolute atomic E-state index is 0.00933. The molecule has 6 aliphatic rings. The number of hydrogen-bond acceptors (Lipinski definition) is 11. The molecule has 5 aromatic rings. The van der Waals surface area contributed by atoms with Gasteiger partial charge in [0.25, 0.3) is 0 Å². The molecule has 4 aromatic carbocycles. The second kappa shape index (κ2) is 26.1. The molecule has 1 spiro atoms. The maximum absolute atomic E-state index is 15.5. The van der Waals surface area contributed by atoms with E-state index in [1.807, 2.05) is 30.3 Å². The van der Waals surface area contributed by atoms with Crippen molar-refractivity contribution in [1.82, 2.24) is 15.6 Å². The van der Waals surface area contributed by atoms with Crippen LogP contribution in [0.4, 0.5) is 5.69 Å². The Morgan fingerprint density at radius 3 is 2.40 bits per heavy atom. The Morgan fingerprint density at radius 2 is 1.61 bits per heavy atom. The number of dihydropyridines is 1. The molecule has 1 aromatic heterocycles. The zero-order valence-electron chi connectivity index (χ0n) is 49.9. The summed E-state index contributed by atoms with van der Waals surface area (Å²) in [6, 6.07) is 24.3. The highest BCUT2D eigenvalue weighted by Gasteiger charge is 2.50. The number of hydrogen-bond donors (Lipinski definition) is 9. The van der Waals surface area contributed by atoms with Crippen LogP contribution in [0.15, 0.2) is 103 Å². The Bertz CT molecular complexity index is 3310. The van der Waals surface area contributed by atoms with E-state index in [2.05, 4.69) is 102 Å². The lowest BCUT2D eigenvalue weighted by atomic mass is 9.61. The lowest BCUT2D eigenvalue weighted by Crippen LogP contribution is -2.48. The van der Waals surface area contributed by atoms with E-state index in [9.17, 15) is 30.3 Å². The Labute approximate surface area is 497 Å². The van der Waals surface area contributed by atoms with Crippen LogP contribution in [0.5, 0.6) is 17.2 Å². The summed E-state index contributed by atoms with van der Waals surface area (Å²) in [5, 5.41) is 72.7. The number of H-pyrrole nitrogens is 1. The summed E-state index contributed by atoms with van der Waals surface area (Å²) >= 11 is 0. The number of rotatable bonds is 5. The Morgan fingerprint density at radius 1 is 0.798 bits per heavy atom. The molecule has 0 radical (unpaired) electrons. The third-order valence-corrected chi connectivity index (χ3v) is 20.6. The van der Waals surface area contributed by atoms with Gasteiger partial charge in [-0.2, -0.15) is 0 Å². The summed E-state index contributed by atoms with van der Waals surface area (Å²) in [6.45, 7) is 8.25. The smallest absolute Gasteiger partial charge is 0.173 e. The fourth-order valence-electron chi connectivity index (χ4n) is 16.1. The van der Waals surface area contributed by atoms with Crippen LogP contribution in [0.1, 0.15) is 180 Å². The number of ether oxygens (including phenoxy) is 1. The zero-order valence-corrected chi connectivity index (χ0v) is 49.9. The fourth-order valence-corrected chi connectivity index (χ4v) is 16.1. The Hall–Kier alpha value is -6.36. The normalized spacial score (nSPS) is 29.8. The summed E-state index contributed by atoms with van der Waals surface area (Å²) in [4.78, 5) is 33.8. The minimum atomic E-state index is -1.85. The molecule has 0 unspecified atom stereocenters. The molecule has 12 nitrogen and oxygen atoms in total. The van der Waals surface area contributed by atoms with Crippen molar-refractivity contribution in [3.63, 3.8) is 0 Å². The van der Waals surface area contributed by atoms with Crippen molar-refractivity contribution in [2.75, 3.05) is 32.1 Å². The number of fused-ring (bicyclic) bond motifs is 10. The number of methoxy groups -OCH3 is 1. The van der Waals surface area contributed by atoms with E-state index < -0.39 is 53.0 Å². The van der Waals surface area contributed by atoms with E-state index in [0.717, 1.165) is 115 Å². The number of aliphatic hydroxyl groups is 3. The SMILES string of the molecule is CCC[C@H]1[C@H]2C[C@H](CC3=CCNC(=C3)Nc3ccc4ccc(c(O)c4c3)C[C@H](O)CNC[C@@H](C)c3c[nH]c(c3)C3(CCCCC3)[C@@H]1O)C[C@@H]1C#C[C@H](c3ccccc3[C@H]3CCC[C@H](C)C3)c3cc(O)c(OC)cc3CCC(=O)[C@H](O)C(=O)[C@H]1C2. The van der Waals surface area contributed by atoms with Gasteiger partial charge in [0.15, 0.2) is 29.2 Å². The summed E-state index contributed by atoms with van der Waals surface area (Å²) in [5.41, 5.74) is 8.08. The second-order valence-electron chi connectivity index (χ2n) is 26.3. The predicted molar refractivity (Wildman–Crippen MR) is 332 cm³/mol. The van der Waals surface area contributed by atoms with Gasteiger partial charge in [-0.1, -0.05) is 120 Å². The highest BCUT2D eigenvalue weighted by molar-refractivity contribution is 6.06. The van der Waals surface area contributed by atoms with E-state index in [1.54, 1.807) is 12.1 Å². The van der Waals surface area contributed by atoms with Crippen molar-refractivity contribution in [1.29, 1.82) is 0 Å². The van der Waals surface area contributed by atoms with E-state index in [-0.39, 0.29) is 53.8 Å². The number of aromatic hydroxyl groups is 2. The summed E-state index contributed by atoms with van der Waals surface area (Å²) < 4.78 is 5.67. The number of phenols is 2. The van der Waals surface area contributed by atoms with Gasteiger partial charge in [-0.15, -0.1) is 0 Å². The van der Waals surface area contributed by atoms with Crippen LogP contribution >= 0.6 is 0 Å². The van der Waals surface area contributed by atoms with Gasteiger partial charge in [-0.25, -0.2) is 0 Å². The number of allylic oxidation sites excluding steroid dienone is 2. The van der Waals surface area contributed by atoms with Gasteiger partial charge >= 0.3 is 0 Å². The van der Waals surface area contributed by atoms with E-state index in [1.165, 1.54) is 19.1 Å². The topological polar surface area (TPSA) is 196 Å². The average Bonchev–Trinajstić information content (AvgIpc) is 3.58. The van der Waals surface area contributed by atoms with E-state index >= 15 is 4.79 Å². The number of carbonyl (C=O) groups is 2. The van der Waals surface area contributed by atoms with Crippen molar-refractivity contribution in [2.24, 2.45) is 35.5 Å². The van der Waals surface area contributed by atoms with Gasteiger partial charge < -0.3 is 51.2 Å². The highest BCUT2D eigenvalue weighted by Crippen LogP contribution is 2.52. The molecule has 3 saturated carbocycles. The van der Waals surface area contributed by atoms with Gasteiger partial charge in [-0.3, -0.25) is 9.59 Å². The maximum Gasteiger partial charge on any atom is 0.173 e. The first-order chi connectivity index (χ1) is 40.7. The third kappa shape index (κ3) is 12.6. The lowest BCUT2D eigenvalue weighted by molar-refractivity contribution is -0.142. The average molecular weight is 1140 g/mol. The minimum Gasteiger partial charge on any atom is -0.507 e. The van der Waals surface area contributed by atoms with Crippen LogP contribution in [0.2, 0.25) is 0 Å². The van der Waals surface area contributed by atoms with Gasteiger partial charge in [-0.05, 0) is 180 Å². The number of nitrogens with one attached hydrogen (secondary N) is 4. The molecule has 3 fully saturated rings. The molecule has 0 amide bonds. The number of phenolic OH excluding ortho intramolecular Hbond substituents is 2. The number of anilines is 1. The third-order valence-electron chi connectivity index (χ3n) is 20.6. The molecule has 3 heterocycles. The molecular weight excluding hydrogens is 1050 g/mol. The monoisotopic (exact) mass is 1140 g/mol. The number of benzene rings is 4. The molecule has 12 heteroatoms. The quantitative estimate of drug-likeness (QED) is 0.0600. The number of aryl methyl sites for hydroxylation is 1. The number of aromatic nitrogens is 1. The molecule has 9 N–H and O–H groups in total. The fraction of sp³-hybridized carbons (Fsp3) is 0.528. The lowest BCUT2D eigenvalue weighted by Gasteiger charge is -2.46. The van der Waals surface area contributed by atoms with Crippen molar-refractivity contribution in [3.8, 4) is 29.1 Å². The number of carbonyl (C=O) groups excluding carboxylic acids is 2. The maximum atomic E-state index is 15.5. The first-order valence-corrected chi connectivity index (χ1v) is 31.9. The molecule has 9 bridgehead atoms. The Balaban J connectivity index is 1.05. The van der Waals surface area contributed by atoms with Crippen molar-refractivity contribution in [3.05, 3.63) is 142 Å². The summed E-state index contributed by atoms with van der Waals surface area (Å²) in [5.74, 6) is 6.67. The predicted octanol–water partition coefficient (Wildman–Crippen LogP) is 12.3. The van der Waals surface area contributed by atoms with Gasteiger partial charge in [0.1, 0.15) is 11.6 Å². The highest BCUT2D eigenvalue weighted by atomic mass is 16.5. The molecular formula is C72H90N4O8. The van der Waals surface area contributed by atoms with Crippen LogP contribution in [-0.2, 0) is 27.8 Å². The van der Waals surface area contributed by atoms with Crippen molar-refractivity contribution >= 4 is 28.0 Å². The zero-order chi connectivity index (χ0) is 58.6. The van der Waals surface area contributed by atoms with E-state index in [4.69, 9.17) is 4.74 Å². The molecule has 84 heavy (non-hydrogen) atoms.